The number of anilines is 2. The second-order valence-corrected chi connectivity index (χ2v) is 5.98. The van der Waals surface area contributed by atoms with Crippen LogP contribution in [0.25, 0.3) is 0 Å². The highest BCUT2D eigenvalue weighted by Crippen LogP contribution is 2.17. The summed E-state index contributed by atoms with van der Waals surface area (Å²) in [7, 11) is 0. The molecular formula is C16H22N6O2. The van der Waals surface area contributed by atoms with E-state index in [0.29, 0.717) is 24.0 Å². The lowest BCUT2D eigenvalue weighted by Crippen LogP contribution is -2.41. The monoisotopic (exact) mass is 330 g/mol. The van der Waals surface area contributed by atoms with Crippen LogP contribution in [0.1, 0.15) is 25.5 Å². The zero-order valence-corrected chi connectivity index (χ0v) is 14.0. The molecule has 2 aromatic rings. The summed E-state index contributed by atoms with van der Waals surface area (Å²) in [6.07, 6.45) is 5.03. The van der Waals surface area contributed by atoms with Gasteiger partial charge in [0.1, 0.15) is 0 Å². The van der Waals surface area contributed by atoms with Crippen molar-refractivity contribution in [2.75, 3.05) is 23.3 Å². The van der Waals surface area contributed by atoms with Crippen LogP contribution in [0.2, 0.25) is 0 Å². The van der Waals surface area contributed by atoms with E-state index < -0.39 is 0 Å². The van der Waals surface area contributed by atoms with E-state index in [4.69, 9.17) is 0 Å². The van der Waals surface area contributed by atoms with Crippen molar-refractivity contribution in [3.63, 3.8) is 0 Å². The lowest BCUT2D eigenvalue weighted by atomic mass is 10.1. The lowest BCUT2D eigenvalue weighted by Gasteiger charge is -2.32. The Bertz CT molecular complexity index is 820. The summed E-state index contributed by atoms with van der Waals surface area (Å²) in [5, 5.41) is 3.26. The van der Waals surface area contributed by atoms with E-state index in [1.54, 1.807) is 17.0 Å². The Hall–Kier alpha value is -2.64. The zero-order valence-electron chi connectivity index (χ0n) is 14.0. The second kappa shape index (κ2) is 6.86. The molecule has 0 spiro atoms. The molecule has 1 saturated heterocycles. The highest BCUT2D eigenvalue weighted by Gasteiger charge is 2.22. The number of aryl methyl sites for hydroxylation is 2. The highest BCUT2D eigenvalue weighted by molar-refractivity contribution is 5.35. The van der Waals surface area contributed by atoms with Crippen molar-refractivity contribution in [3.8, 4) is 0 Å². The summed E-state index contributed by atoms with van der Waals surface area (Å²) >= 11 is 0. The average Bonchev–Trinajstić information content (AvgIpc) is 2.56. The highest BCUT2D eigenvalue weighted by atomic mass is 16.1. The Labute approximate surface area is 139 Å². The van der Waals surface area contributed by atoms with Crippen LogP contribution in [0, 0.1) is 6.92 Å². The SMILES string of the molecule is CCn1ccnc(NC2CCN(c3nc(C)cc(=O)[nH]3)CC2)c1=O. The van der Waals surface area contributed by atoms with Gasteiger partial charge in [-0.2, -0.15) is 0 Å². The molecule has 0 radical (unpaired) electrons. The minimum absolute atomic E-state index is 0.0906. The van der Waals surface area contributed by atoms with Crippen LogP contribution >= 0.6 is 0 Å². The van der Waals surface area contributed by atoms with Crippen molar-refractivity contribution in [1.82, 2.24) is 19.5 Å². The predicted molar refractivity (Wildman–Crippen MR) is 92.6 cm³/mol. The van der Waals surface area contributed by atoms with E-state index in [9.17, 15) is 9.59 Å². The number of aromatic amines is 1. The first-order chi connectivity index (χ1) is 11.6. The van der Waals surface area contributed by atoms with Gasteiger partial charge in [0.05, 0.1) is 0 Å². The van der Waals surface area contributed by atoms with Gasteiger partial charge < -0.3 is 14.8 Å². The first-order valence-electron chi connectivity index (χ1n) is 8.21. The first kappa shape index (κ1) is 16.2. The number of nitrogens with zero attached hydrogens (tertiary/aromatic N) is 4. The van der Waals surface area contributed by atoms with Crippen LogP contribution in [-0.4, -0.2) is 38.7 Å². The number of piperidine rings is 1. The minimum Gasteiger partial charge on any atom is -0.363 e. The third-order valence-corrected chi connectivity index (χ3v) is 4.25. The van der Waals surface area contributed by atoms with Crippen molar-refractivity contribution >= 4 is 11.8 Å². The molecule has 24 heavy (non-hydrogen) atoms. The molecule has 0 atom stereocenters. The molecule has 3 heterocycles. The third-order valence-electron chi connectivity index (χ3n) is 4.25. The molecular weight excluding hydrogens is 308 g/mol. The summed E-state index contributed by atoms with van der Waals surface area (Å²) in [5.41, 5.74) is 0.487. The van der Waals surface area contributed by atoms with Gasteiger partial charge in [-0.15, -0.1) is 0 Å². The topological polar surface area (TPSA) is 95.9 Å². The Morgan fingerprint density at radius 3 is 2.75 bits per heavy atom. The maximum absolute atomic E-state index is 12.2. The van der Waals surface area contributed by atoms with E-state index in [1.165, 1.54) is 6.07 Å². The number of H-pyrrole nitrogens is 1. The quantitative estimate of drug-likeness (QED) is 0.858. The fraction of sp³-hybridized carbons (Fsp3) is 0.500. The second-order valence-electron chi connectivity index (χ2n) is 5.98. The van der Waals surface area contributed by atoms with Gasteiger partial charge in [0.25, 0.3) is 11.1 Å². The van der Waals surface area contributed by atoms with Crippen LogP contribution in [-0.2, 0) is 6.54 Å². The molecule has 1 aliphatic rings. The Morgan fingerprint density at radius 1 is 1.33 bits per heavy atom. The van der Waals surface area contributed by atoms with Gasteiger partial charge in [-0.3, -0.25) is 14.6 Å². The fourth-order valence-electron chi connectivity index (χ4n) is 2.94. The molecule has 0 saturated carbocycles. The van der Waals surface area contributed by atoms with E-state index in [2.05, 4.69) is 25.2 Å². The van der Waals surface area contributed by atoms with E-state index in [-0.39, 0.29) is 17.2 Å². The van der Waals surface area contributed by atoms with Crippen molar-refractivity contribution in [2.45, 2.75) is 39.3 Å². The van der Waals surface area contributed by atoms with Crippen molar-refractivity contribution < 1.29 is 0 Å². The number of hydrogen-bond donors (Lipinski definition) is 2. The number of hydrogen-bond acceptors (Lipinski definition) is 6. The Balaban J connectivity index is 1.65. The van der Waals surface area contributed by atoms with Gasteiger partial charge >= 0.3 is 0 Å². The zero-order chi connectivity index (χ0) is 17.1. The number of nitrogens with one attached hydrogen (secondary N) is 2. The van der Waals surface area contributed by atoms with Crippen LogP contribution in [0.5, 0.6) is 0 Å². The molecule has 128 valence electrons. The molecule has 0 amide bonds. The van der Waals surface area contributed by atoms with Gasteiger partial charge in [0.2, 0.25) is 5.95 Å². The van der Waals surface area contributed by atoms with E-state index in [0.717, 1.165) is 25.9 Å². The van der Waals surface area contributed by atoms with Gasteiger partial charge in [-0.1, -0.05) is 0 Å². The van der Waals surface area contributed by atoms with Gasteiger partial charge in [-0.25, -0.2) is 9.97 Å². The van der Waals surface area contributed by atoms with E-state index >= 15 is 0 Å². The summed E-state index contributed by atoms with van der Waals surface area (Å²) in [5.74, 6) is 1.02. The molecule has 1 aliphatic heterocycles. The predicted octanol–water partition coefficient (Wildman–Crippen LogP) is 0.736. The van der Waals surface area contributed by atoms with E-state index in [1.807, 2.05) is 13.8 Å². The number of rotatable bonds is 4. The van der Waals surface area contributed by atoms with Crippen molar-refractivity contribution in [1.29, 1.82) is 0 Å². The van der Waals surface area contributed by atoms with Gasteiger partial charge in [-0.05, 0) is 26.7 Å². The molecule has 8 heteroatoms. The van der Waals surface area contributed by atoms with Crippen LogP contribution in [0.15, 0.2) is 28.0 Å². The normalized spacial score (nSPS) is 15.5. The molecule has 0 unspecified atom stereocenters. The maximum atomic E-state index is 12.2. The summed E-state index contributed by atoms with van der Waals surface area (Å²) in [4.78, 5) is 37.2. The molecule has 0 aromatic carbocycles. The Kier molecular flexibility index (Phi) is 4.64. The molecule has 2 N–H and O–H groups in total. The van der Waals surface area contributed by atoms with Crippen molar-refractivity contribution in [2.24, 2.45) is 0 Å². The summed E-state index contributed by atoms with van der Waals surface area (Å²) in [6.45, 7) is 5.89. The van der Waals surface area contributed by atoms with Crippen LogP contribution in [0.3, 0.4) is 0 Å². The first-order valence-corrected chi connectivity index (χ1v) is 8.21. The van der Waals surface area contributed by atoms with Crippen LogP contribution in [0.4, 0.5) is 11.8 Å². The molecule has 8 nitrogen and oxygen atoms in total. The molecule has 1 fully saturated rings. The fourth-order valence-corrected chi connectivity index (χ4v) is 2.94. The molecule has 2 aromatic heterocycles. The molecule has 0 bridgehead atoms. The van der Waals surface area contributed by atoms with Crippen LogP contribution < -0.4 is 21.3 Å². The third kappa shape index (κ3) is 3.47. The summed E-state index contributed by atoms with van der Waals surface area (Å²) in [6, 6.07) is 1.67. The molecule has 0 aliphatic carbocycles. The Morgan fingerprint density at radius 2 is 2.08 bits per heavy atom. The minimum atomic E-state index is -0.133. The standard InChI is InChI=1S/C16H22N6O2/c1-3-21-9-6-17-14(15(21)24)19-12-4-7-22(8-5-12)16-18-11(2)10-13(23)20-16/h6,9-10,12H,3-5,7-8H2,1-2H3,(H,17,19)(H,18,20,23). The smallest absolute Gasteiger partial charge is 0.293 e. The summed E-state index contributed by atoms with van der Waals surface area (Å²) < 4.78 is 1.63. The maximum Gasteiger partial charge on any atom is 0.293 e. The van der Waals surface area contributed by atoms with Crippen molar-refractivity contribution in [3.05, 3.63) is 44.9 Å². The largest absolute Gasteiger partial charge is 0.363 e. The van der Waals surface area contributed by atoms with Gasteiger partial charge in [0.15, 0.2) is 5.82 Å². The number of aromatic nitrogens is 4. The lowest BCUT2D eigenvalue weighted by molar-refractivity contribution is 0.516. The average molecular weight is 330 g/mol. The van der Waals surface area contributed by atoms with Gasteiger partial charge in [0, 0.05) is 49.8 Å². The molecule has 3 rings (SSSR count).